The highest BCUT2D eigenvalue weighted by molar-refractivity contribution is 5.97. The summed E-state index contributed by atoms with van der Waals surface area (Å²) >= 11 is 0. The summed E-state index contributed by atoms with van der Waals surface area (Å²) in [4.78, 5) is 26.7. The second kappa shape index (κ2) is 6.83. The van der Waals surface area contributed by atoms with E-state index in [1.165, 1.54) is 0 Å². The Labute approximate surface area is 141 Å². The van der Waals surface area contributed by atoms with Gasteiger partial charge in [0.05, 0.1) is 11.0 Å². The number of nitrogens with zero attached hydrogens (tertiary/aromatic N) is 3. The van der Waals surface area contributed by atoms with Gasteiger partial charge in [-0.3, -0.25) is 9.78 Å². The fourth-order valence-electron chi connectivity index (χ4n) is 2.77. The van der Waals surface area contributed by atoms with Crippen molar-refractivity contribution >= 4 is 16.9 Å². The topological polar surface area (TPSA) is 61.9 Å². The summed E-state index contributed by atoms with van der Waals surface area (Å²) in [6.07, 6.45) is 4.45. The predicted octanol–water partition coefficient (Wildman–Crippen LogP) is 3.71. The number of benzene rings is 1. The third kappa shape index (κ3) is 3.30. The van der Waals surface area contributed by atoms with E-state index in [1.54, 1.807) is 6.20 Å². The maximum atomic E-state index is 13.1. The van der Waals surface area contributed by atoms with Crippen molar-refractivity contribution in [3.05, 3.63) is 59.7 Å². The van der Waals surface area contributed by atoms with Gasteiger partial charge in [-0.25, -0.2) is 4.98 Å². The zero-order valence-electron chi connectivity index (χ0n) is 14.3. The van der Waals surface area contributed by atoms with Crippen LogP contribution in [0.15, 0.2) is 42.7 Å². The number of aromatic nitrogens is 3. The van der Waals surface area contributed by atoms with Crippen molar-refractivity contribution in [2.75, 3.05) is 0 Å². The van der Waals surface area contributed by atoms with Crippen LogP contribution in [0.2, 0.25) is 0 Å². The zero-order valence-corrected chi connectivity index (χ0v) is 14.3. The first-order valence-corrected chi connectivity index (χ1v) is 8.24. The Morgan fingerprint density at radius 1 is 1.33 bits per heavy atom. The van der Waals surface area contributed by atoms with E-state index in [2.05, 4.69) is 28.8 Å². The first-order chi connectivity index (χ1) is 11.6. The van der Waals surface area contributed by atoms with Crippen LogP contribution in [-0.2, 0) is 6.54 Å². The molecule has 5 nitrogen and oxygen atoms in total. The van der Waals surface area contributed by atoms with Gasteiger partial charge in [-0.15, -0.1) is 0 Å². The standard InChI is InChI=1S/C19H22N4O/c1-4-13(2)23(12-15-6-5-9-20-11-15)19(24)16-7-8-17-18(10-16)22-14(3)21-17/h5-11,13H,4,12H2,1-3H3,(H,21,22)/t13-/m0/s1. The smallest absolute Gasteiger partial charge is 0.254 e. The first kappa shape index (κ1) is 16.2. The van der Waals surface area contributed by atoms with Gasteiger partial charge in [-0.05, 0) is 50.1 Å². The molecular formula is C19H22N4O. The predicted molar refractivity (Wildman–Crippen MR) is 94.7 cm³/mol. The summed E-state index contributed by atoms with van der Waals surface area (Å²) in [5, 5.41) is 0. The van der Waals surface area contributed by atoms with Gasteiger partial charge >= 0.3 is 0 Å². The summed E-state index contributed by atoms with van der Waals surface area (Å²) in [6.45, 7) is 6.64. The number of amides is 1. The number of aryl methyl sites for hydroxylation is 1. The Kier molecular flexibility index (Phi) is 4.60. The molecule has 1 atom stereocenters. The van der Waals surface area contributed by atoms with Crippen molar-refractivity contribution in [2.45, 2.75) is 39.8 Å². The molecule has 1 N–H and O–H groups in total. The SMILES string of the molecule is CC[C@H](C)N(Cc1cccnc1)C(=O)c1ccc2nc(C)[nH]c2c1. The summed E-state index contributed by atoms with van der Waals surface area (Å²) in [7, 11) is 0. The number of carbonyl (C=O) groups excluding carboxylic acids is 1. The van der Waals surface area contributed by atoms with Gasteiger partial charge in [-0.1, -0.05) is 13.0 Å². The number of hydrogen-bond donors (Lipinski definition) is 1. The lowest BCUT2D eigenvalue weighted by molar-refractivity contribution is 0.0671. The number of nitrogens with one attached hydrogen (secondary N) is 1. The van der Waals surface area contributed by atoms with Crippen LogP contribution in [0.3, 0.4) is 0 Å². The van der Waals surface area contributed by atoms with Crippen LogP contribution in [0.1, 0.15) is 42.0 Å². The van der Waals surface area contributed by atoms with Crippen LogP contribution in [-0.4, -0.2) is 31.8 Å². The van der Waals surface area contributed by atoms with Crippen LogP contribution < -0.4 is 0 Å². The maximum absolute atomic E-state index is 13.1. The number of carbonyl (C=O) groups is 1. The van der Waals surface area contributed by atoms with Crippen molar-refractivity contribution in [3.8, 4) is 0 Å². The molecule has 0 saturated heterocycles. The molecule has 0 fully saturated rings. The van der Waals surface area contributed by atoms with E-state index in [-0.39, 0.29) is 11.9 Å². The summed E-state index contributed by atoms with van der Waals surface area (Å²) < 4.78 is 0. The number of aromatic amines is 1. The highest BCUT2D eigenvalue weighted by Crippen LogP contribution is 2.18. The van der Waals surface area contributed by atoms with Gasteiger partial charge in [0.1, 0.15) is 5.82 Å². The van der Waals surface area contributed by atoms with Gasteiger partial charge in [0.15, 0.2) is 0 Å². The zero-order chi connectivity index (χ0) is 17.1. The molecule has 0 saturated carbocycles. The molecule has 124 valence electrons. The third-order valence-corrected chi connectivity index (χ3v) is 4.31. The van der Waals surface area contributed by atoms with Gasteiger partial charge < -0.3 is 9.88 Å². The van der Waals surface area contributed by atoms with E-state index in [1.807, 2.05) is 48.4 Å². The van der Waals surface area contributed by atoms with Gasteiger partial charge in [0.2, 0.25) is 0 Å². The lowest BCUT2D eigenvalue weighted by Gasteiger charge is -2.28. The molecule has 2 aromatic heterocycles. The van der Waals surface area contributed by atoms with E-state index < -0.39 is 0 Å². The molecule has 0 aliphatic rings. The maximum Gasteiger partial charge on any atom is 0.254 e. The quantitative estimate of drug-likeness (QED) is 0.779. The van der Waals surface area contributed by atoms with E-state index in [9.17, 15) is 4.79 Å². The number of fused-ring (bicyclic) bond motifs is 1. The monoisotopic (exact) mass is 322 g/mol. The minimum absolute atomic E-state index is 0.0300. The number of pyridine rings is 1. The molecule has 1 amide bonds. The number of H-pyrrole nitrogens is 1. The normalized spacial score (nSPS) is 12.3. The first-order valence-electron chi connectivity index (χ1n) is 8.24. The molecule has 1 aromatic carbocycles. The molecule has 0 radical (unpaired) electrons. The Morgan fingerprint density at radius 3 is 2.88 bits per heavy atom. The molecular weight excluding hydrogens is 300 g/mol. The lowest BCUT2D eigenvalue weighted by Crippen LogP contribution is -2.37. The number of rotatable bonds is 5. The minimum atomic E-state index is 0.0300. The fraction of sp³-hybridized carbons (Fsp3) is 0.316. The second-order valence-corrected chi connectivity index (χ2v) is 6.11. The summed E-state index contributed by atoms with van der Waals surface area (Å²) in [6, 6.07) is 9.67. The van der Waals surface area contributed by atoms with Crippen LogP contribution in [0.25, 0.3) is 11.0 Å². The summed E-state index contributed by atoms with van der Waals surface area (Å²) in [5.74, 6) is 0.881. The third-order valence-electron chi connectivity index (χ3n) is 4.31. The molecule has 5 heteroatoms. The van der Waals surface area contributed by atoms with Crippen molar-refractivity contribution in [3.63, 3.8) is 0 Å². The molecule has 0 bridgehead atoms. The van der Waals surface area contributed by atoms with Gasteiger partial charge in [0.25, 0.3) is 5.91 Å². The van der Waals surface area contributed by atoms with Crippen LogP contribution in [0, 0.1) is 6.92 Å². The van der Waals surface area contributed by atoms with Gasteiger partial charge in [0, 0.05) is 30.5 Å². The van der Waals surface area contributed by atoms with Crippen molar-refractivity contribution in [2.24, 2.45) is 0 Å². The van der Waals surface area contributed by atoms with Crippen molar-refractivity contribution < 1.29 is 4.79 Å². The average Bonchev–Trinajstić information content (AvgIpc) is 2.98. The summed E-state index contributed by atoms with van der Waals surface area (Å²) in [5.41, 5.74) is 3.48. The second-order valence-electron chi connectivity index (χ2n) is 6.11. The lowest BCUT2D eigenvalue weighted by atomic mass is 10.1. The van der Waals surface area contributed by atoms with Crippen LogP contribution >= 0.6 is 0 Å². The highest BCUT2D eigenvalue weighted by atomic mass is 16.2. The molecule has 24 heavy (non-hydrogen) atoms. The number of hydrogen-bond acceptors (Lipinski definition) is 3. The fourth-order valence-corrected chi connectivity index (χ4v) is 2.77. The highest BCUT2D eigenvalue weighted by Gasteiger charge is 2.21. The number of imidazole rings is 1. The van der Waals surface area contributed by atoms with Crippen LogP contribution in [0.5, 0.6) is 0 Å². The Balaban J connectivity index is 1.91. The molecule has 2 heterocycles. The Hall–Kier alpha value is -2.69. The molecule has 3 rings (SSSR count). The molecule has 0 unspecified atom stereocenters. The van der Waals surface area contributed by atoms with E-state index in [0.717, 1.165) is 28.8 Å². The minimum Gasteiger partial charge on any atom is -0.342 e. The molecule has 0 spiro atoms. The Bertz CT molecular complexity index is 841. The molecule has 3 aromatic rings. The van der Waals surface area contributed by atoms with Crippen LogP contribution in [0.4, 0.5) is 0 Å². The molecule has 0 aliphatic heterocycles. The average molecular weight is 322 g/mol. The van der Waals surface area contributed by atoms with Crippen molar-refractivity contribution in [1.29, 1.82) is 0 Å². The van der Waals surface area contributed by atoms with E-state index >= 15 is 0 Å². The molecule has 0 aliphatic carbocycles. The Morgan fingerprint density at radius 2 is 2.17 bits per heavy atom. The largest absolute Gasteiger partial charge is 0.342 e. The van der Waals surface area contributed by atoms with E-state index in [4.69, 9.17) is 0 Å². The van der Waals surface area contributed by atoms with E-state index in [0.29, 0.717) is 12.1 Å². The van der Waals surface area contributed by atoms with Crippen molar-refractivity contribution in [1.82, 2.24) is 19.9 Å². The van der Waals surface area contributed by atoms with Gasteiger partial charge in [-0.2, -0.15) is 0 Å².